The second-order valence-electron chi connectivity index (χ2n) is 6.83. The van der Waals surface area contributed by atoms with Crippen LogP contribution in [-0.4, -0.2) is 28.4 Å². The topological polar surface area (TPSA) is 97.4 Å². The zero-order valence-corrected chi connectivity index (χ0v) is 17.8. The second kappa shape index (κ2) is 9.16. The van der Waals surface area contributed by atoms with Crippen molar-refractivity contribution in [2.45, 2.75) is 32.8 Å². The molecule has 0 bridgehead atoms. The van der Waals surface area contributed by atoms with Crippen molar-refractivity contribution in [3.8, 4) is 0 Å². The van der Waals surface area contributed by atoms with Gasteiger partial charge in [-0.2, -0.15) is 0 Å². The zero-order valence-electron chi connectivity index (χ0n) is 15.5. The van der Waals surface area contributed by atoms with Gasteiger partial charge in [0.1, 0.15) is 10.8 Å². The van der Waals surface area contributed by atoms with Crippen molar-refractivity contribution in [1.29, 1.82) is 0 Å². The molecule has 2 rings (SSSR count). The lowest BCUT2D eigenvalue weighted by Crippen LogP contribution is -2.27. The molecule has 1 aromatic carbocycles. The van der Waals surface area contributed by atoms with Gasteiger partial charge in [0.25, 0.3) is 0 Å². The summed E-state index contributed by atoms with van der Waals surface area (Å²) in [6, 6.07) is 7.79. The Morgan fingerprint density at radius 2 is 1.82 bits per heavy atom. The molecule has 2 aromatic rings. The molecule has 2 N–H and O–H groups in total. The van der Waals surface area contributed by atoms with Gasteiger partial charge in [0.05, 0.1) is 17.8 Å². The highest BCUT2D eigenvalue weighted by atomic mass is 79.9. The Bertz CT molecular complexity index is 912. The maximum Gasteiger partial charge on any atom is 0.412 e. The molecule has 0 saturated carbocycles. The summed E-state index contributed by atoms with van der Waals surface area (Å²) >= 11 is 9.08. The zero-order chi connectivity index (χ0) is 20.9. The monoisotopic (exact) mass is 467 g/mol. The number of carbonyl (C=O) groups excluding carboxylic acids is 3. The van der Waals surface area contributed by atoms with Crippen molar-refractivity contribution in [3.63, 3.8) is 0 Å². The number of nitrogens with zero attached hydrogens (tertiary/aromatic N) is 1. The Hall–Kier alpha value is -2.45. The van der Waals surface area contributed by atoms with E-state index >= 15 is 0 Å². The van der Waals surface area contributed by atoms with Crippen molar-refractivity contribution in [1.82, 2.24) is 4.98 Å². The van der Waals surface area contributed by atoms with Crippen LogP contribution in [0.4, 0.5) is 16.2 Å². The molecular weight excluding hydrogens is 450 g/mol. The van der Waals surface area contributed by atoms with Gasteiger partial charge in [-0.3, -0.25) is 14.9 Å². The summed E-state index contributed by atoms with van der Waals surface area (Å²) in [5, 5.41) is 5.38. The number of benzene rings is 1. The van der Waals surface area contributed by atoms with E-state index in [9.17, 15) is 14.4 Å². The Balaban J connectivity index is 2.10. The van der Waals surface area contributed by atoms with Crippen molar-refractivity contribution in [2.75, 3.05) is 10.6 Å². The third-order valence-corrected chi connectivity index (χ3v) is 3.96. The van der Waals surface area contributed by atoms with Gasteiger partial charge in [-0.15, -0.1) is 0 Å². The molecule has 0 spiro atoms. The van der Waals surface area contributed by atoms with Crippen LogP contribution in [0.3, 0.4) is 0 Å². The van der Waals surface area contributed by atoms with E-state index in [4.69, 9.17) is 16.3 Å². The van der Waals surface area contributed by atoms with Crippen LogP contribution in [0.1, 0.15) is 37.6 Å². The average Bonchev–Trinajstić information content (AvgIpc) is 2.55. The first-order valence-corrected chi connectivity index (χ1v) is 9.45. The quantitative estimate of drug-likeness (QED) is 0.363. The molecule has 0 fully saturated rings. The highest BCUT2D eigenvalue weighted by molar-refractivity contribution is 9.10. The molecule has 7 nitrogen and oxygen atoms in total. The first-order chi connectivity index (χ1) is 13.0. The number of halogens is 2. The Kier molecular flexibility index (Phi) is 7.15. The number of ether oxygens (including phenoxy) is 1. The molecule has 0 atom stereocenters. The molecule has 0 aliphatic heterocycles. The highest BCUT2D eigenvalue weighted by Crippen LogP contribution is 2.27. The summed E-state index contributed by atoms with van der Waals surface area (Å²) in [6.45, 7) is 5.23. The van der Waals surface area contributed by atoms with E-state index in [2.05, 4.69) is 31.5 Å². The number of anilines is 2. The largest absolute Gasteiger partial charge is 0.444 e. The van der Waals surface area contributed by atoms with E-state index in [0.29, 0.717) is 15.8 Å². The predicted molar refractivity (Wildman–Crippen MR) is 111 cm³/mol. The minimum absolute atomic E-state index is 0.169. The first-order valence-electron chi connectivity index (χ1n) is 8.27. The highest BCUT2D eigenvalue weighted by Gasteiger charge is 2.19. The Morgan fingerprint density at radius 3 is 2.46 bits per heavy atom. The van der Waals surface area contributed by atoms with Crippen molar-refractivity contribution in [2.24, 2.45) is 0 Å². The SMILES string of the molecule is CC(C)(C)OC(=O)Nc1ccc(Br)cc1NC(=O)CC(=O)c1ccnc(Cl)c1. The van der Waals surface area contributed by atoms with Crippen LogP contribution in [-0.2, 0) is 9.53 Å². The fourth-order valence-corrected chi connectivity index (χ4v) is 2.70. The van der Waals surface area contributed by atoms with Gasteiger partial charge in [-0.1, -0.05) is 27.5 Å². The first kappa shape index (κ1) is 21.8. The van der Waals surface area contributed by atoms with Gasteiger partial charge < -0.3 is 10.1 Å². The number of hydrogen-bond donors (Lipinski definition) is 2. The summed E-state index contributed by atoms with van der Waals surface area (Å²) in [6.07, 6.45) is 0.344. The van der Waals surface area contributed by atoms with E-state index in [-0.39, 0.29) is 10.7 Å². The number of carbonyl (C=O) groups is 3. The number of nitrogens with one attached hydrogen (secondary N) is 2. The smallest absolute Gasteiger partial charge is 0.412 e. The number of ketones is 1. The molecule has 0 radical (unpaired) electrons. The van der Waals surface area contributed by atoms with Gasteiger partial charge >= 0.3 is 6.09 Å². The van der Waals surface area contributed by atoms with E-state index in [0.717, 1.165) is 0 Å². The number of Topliss-reactive ketones (excluding diaryl/α,β-unsaturated/α-hetero) is 1. The standard InChI is InChI=1S/C19H19BrClN3O4/c1-19(2,3)28-18(27)24-13-5-4-12(20)9-14(13)23-17(26)10-15(25)11-6-7-22-16(21)8-11/h4-9H,10H2,1-3H3,(H,23,26)(H,24,27). The number of pyridine rings is 1. The number of rotatable bonds is 5. The molecule has 0 saturated heterocycles. The maximum absolute atomic E-state index is 12.3. The van der Waals surface area contributed by atoms with Crippen molar-refractivity contribution < 1.29 is 19.1 Å². The molecule has 28 heavy (non-hydrogen) atoms. The fourth-order valence-electron chi connectivity index (χ4n) is 2.16. The number of amides is 2. The van der Waals surface area contributed by atoms with Crippen LogP contribution >= 0.6 is 27.5 Å². The van der Waals surface area contributed by atoms with E-state index in [1.807, 2.05) is 0 Å². The molecule has 148 valence electrons. The van der Waals surface area contributed by atoms with Crippen LogP contribution in [0.5, 0.6) is 0 Å². The Labute approximate surface area is 175 Å². The van der Waals surface area contributed by atoms with Gasteiger partial charge in [-0.25, -0.2) is 9.78 Å². The van der Waals surface area contributed by atoms with E-state index in [1.165, 1.54) is 18.3 Å². The lowest BCUT2D eigenvalue weighted by atomic mass is 10.1. The van der Waals surface area contributed by atoms with Crippen molar-refractivity contribution >= 4 is 56.7 Å². The molecule has 0 aliphatic carbocycles. The van der Waals surface area contributed by atoms with Crippen molar-refractivity contribution in [3.05, 3.63) is 51.7 Å². The predicted octanol–water partition coefficient (Wildman–Crippen LogP) is 5.06. The van der Waals surface area contributed by atoms with Gasteiger partial charge in [0.15, 0.2) is 5.78 Å². The minimum Gasteiger partial charge on any atom is -0.444 e. The summed E-state index contributed by atoms with van der Waals surface area (Å²) < 4.78 is 5.90. The minimum atomic E-state index is -0.666. The van der Waals surface area contributed by atoms with Crippen LogP contribution in [0.25, 0.3) is 0 Å². The average molecular weight is 469 g/mol. The molecule has 2 amide bonds. The normalized spacial score (nSPS) is 10.9. The van der Waals surface area contributed by atoms with Crippen LogP contribution in [0.2, 0.25) is 5.15 Å². The molecule has 0 unspecified atom stereocenters. The van der Waals surface area contributed by atoms with E-state index in [1.54, 1.807) is 39.0 Å². The van der Waals surface area contributed by atoms with Gasteiger partial charge in [0, 0.05) is 16.2 Å². The maximum atomic E-state index is 12.3. The summed E-state index contributed by atoms with van der Waals surface area (Å²) in [5.74, 6) is -0.943. The third-order valence-electron chi connectivity index (χ3n) is 3.26. The number of aromatic nitrogens is 1. The molecule has 0 aliphatic rings. The van der Waals surface area contributed by atoms with Crippen LogP contribution < -0.4 is 10.6 Å². The molecular formula is C19H19BrClN3O4. The summed E-state index contributed by atoms with van der Waals surface area (Å²) in [7, 11) is 0. The van der Waals surface area contributed by atoms with E-state index < -0.39 is 29.8 Å². The summed E-state index contributed by atoms with van der Waals surface area (Å²) in [4.78, 5) is 40.4. The van der Waals surface area contributed by atoms with Crippen LogP contribution in [0, 0.1) is 0 Å². The van der Waals surface area contributed by atoms with Gasteiger partial charge in [-0.05, 0) is 51.1 Å². The molecule has 1 heterocycles. The lowest BCUT2D eigenvalue weighted by molar-refractivity contribution is -0.115. The fraction of sp³-hybridized carbons (Fsp3) is 0.263. The summed E-state index contributed by atoms with van der Waals surface area (Å²) in [5.41, 5.74) is 0.286. The van der Waals surface area contributed by atoms with Crippen LogP contribution in [0.15, 0.2) is 41.0 Å². The molecule has 9 heteroatoms. The third kappa shape index (κ3) is 6.94. The molecule has 1 aromatic heterocycles. The number of hydrogen-bond acceptors (Lipinski definition) is 5. The second-order valence-corrected chi connectivity index (χ2v) is 8.14. The Morgan fingerprint density at radius 1 is 1.11 bits per heavy atom. The lowest BCUT2D eigenvalue weighted by Gasteiger charge is -2.20. The van der Waals surface area contributed by atoms with Gasteiger partial charge in [0.2, 0.25) is 5.91 Å².